The van der Waals surface area contributed by atoms with E-state index >= 15 is 0 Å². The van der Waals surface area contributed by atoms with Crippen LogP contribution in [0.5, 0.6) is 5.75 Å². The van der Waals surface area contributed by atoms with Crippen molar-refractivity contribution in [3.05, 3.63) is 22.2 Å². The Morgan fingerprint density at radius 1 is 1.12 bits per heavy atom. The highest BCUT2D eigenvalue weighted by molar-refractivity contribution is 7.89. The van der Waals surface area contributed by atoms with Crippen molar-refractivity contribution in [3.8, 4) is 5.75 Å². The van der Waals surface area contributed by atoms with Gasteiger partial charge in [0.25, 0.3) is 0 Å². The van der Waals surface area contributed by atoms with Crippen LogP contribution in [0.3, 0.4) is 0 Å². The monoisotopic (exact) mass is 394 g/mol. The largest absolute Gasteiger partial charge is 0.495 e. The summed E-state index contributed by atoms with van der Waals surface area (Å²) in [7, 11) is -2.24. The molecule has 2 rings (SSSR count). The topological polar surface area (TPSA) is 58.6 Å². The van der Waals surface area contributed by atoms with E-state index in [0.717, 1.165) is 26.1 Å². The number of hydrogen-bond acceptors (Lipinski definition) is 4. The summed E-state index contributed by atoms with van der Waals surface area (Å²) in [6.45, 7) is 3.48. The first-order valence-corrected chi connectivity index (χ1v) is 10.4. The van der Waals surface area contributed by atoms with Gasteiger partial charge in [-0.05, 0) is 51.0 Å². The van der Waals surface area contributed by atoms with Crippen molar-refractivity contribution in [1.29, 1.82) is 0 Å². The van der Waals surface area contributed by atoms with Crippen molar-refractivity contribution in [1.82, 2.24) is 9.62 Å². The number of rotatable bonds is 7. The molecule has 1 aromatic carbocycles. The van der Waals surface area contributed by atoms with Crippen molar-refractivity contribution in [2.24, 2.45) is 0 Å². The van der Waals surface area contributed by atoms with E-state index in [2.05, 4.69) is 9.62 Å². The molecule has 0 radical (unpaired) electrons. The lowest BCUT2D eigenvalue weighted by Crippen LogP contribution is -2.30. The minimum atomic E-state index is -3.69. The van der Waals surface area contributed by atoms with Crippen LogP contribution in [-0.2, 0) is 10.0 Å². The Bertz CT molecular complexity index is 645. The molecule has 0 bridgehead atoms. The van der Waals surface area contributed by atoms with Crippen LogP contribution in [0.15, 0.2) is 17.0 Å². The molecule has 5 nitrogen and oxygen atoms in total. The van der Waals surface area contributed by atoms with Gasteiger partial charge in [-0.3, -0.25) is 0 Å². The summed E-state index contributed by atoms with van der Waals surface area (Å²) in [6.07, 6.45) is 5.80. The Balaban J connectivity index is 1.90. The zero-order valence-electron chi connectivity index (χ0n) is 13.9. The molecular weight excluding hydrogens is 371 g/mol. The maximum atomic E-state index is 12.4. The molecule has 0 saturated carbocycles. The van der Waals surface area contributed by atoms with Crippen molar-refractivity contribution >= 4 is 33.2 Å². The molecule has 1 aliphatic rings. The summed E-state index contributed by atoms with van der Waals surface area (Å²) >= 11 is 12.1. The molecule has 1 heterocycles. The van der Waals surface area contributed by atoms with E-state index in [1.54, 1.807) is 0 Å². The summed E-state index contributed by atoms with van der Waals surface area (Å²) in [5, 5.41) is 0.0858. The van der Waals surface area contributed by atoms with Gasteiger partial charge in [-0.25, -0.2) is 13.1 Å². The first-order chi connectivity index (χ1) is 11.5. The number of likely N-dealkylation sites (tertiary alicyclic amines) is 1. The molecule has 0 atom stereocenters. The number of halogens is 2. The van der Waals surface area contributed by atoms with Crippen molar-refractivity contribution in [2.45, 2.75) is 37.0 Å². The van der Waals surface area contributed by atoms with E-state index in [4.69, 9.17) is 27.9 Å². The Hall–Kier alpha value is -0.530. The molecule has 0 aromatic heterocycles. The normalized spacial score (nSPS) is 16.8. The van der Waals surface area contributed by atoms with Crippen LogP contribution in [0.2, 0.25) is 10.0 Å². The van der Waals surface area contributed by atoms with Crippen molar-refractivity contribution < 1.29 is 13.2 Å². The highest BCUT2D eigenvalue weighted by atomic mass is 35.5. The van der Waals surface area contributed by atoms with E-state index in [9.17, 15) is 8.42 Å². The van der Waals surface area contributed by atoms with Gasteiger partial charge in [-0.2, -0.15) is 0 Å². The minimum absolute atomic E-state index is 0.0176. The van der Waals surface area contributed by atoms with Gasteiger partial charge in [0.05, 0.1) is 12.1 Å². The average molecular weight is 395 g/mol. The maximum Gasteiger partial charge on any atom is 0.242 e. The zero-order chi connectivity index (χ0) is 17.6. The van der Waals surface area contributed by atoms with Gasteiger partial charge < -0.3 is 9.64 Å². The molecule has 1 aliphatic heterocycles. The smallest absolute Gasteiger partial charge is 0.242 e. The molecule has 1 fully saturated rings. The molecule has 8 heteroatoms. The summed E-state index contributed by atoms with van der Waals surface area (Å²) in [5.41, 5.74) is 0. The fourth-order valence-electron chi connectivity index (χ4n) is 2.83. The van der Waals surface area contributed by atoms with Crippen LogP contribution >= 0.6 is 23.2 Å². The molecule has 24 heavy (non-hydrogen) atoms. The molecular formula is C16H24Cl2N2O3S. The lowest BCUT2D eigenvalue weighted by atomic mass is 10.2. The standard InChI is InChI=1S/C16H24Cl2N2O3S/c1-23-13-7-8-14(16(18)15(13)17)24(21,22)19-9-6-12-20-10-4-2-3-5-11-20/h7-8,19H,2-6,9-12H2,1H3. The van der Waals surface area contributed by atoms with E-state index in [-0.39, 0.29) is 14.9 Å². The van der Waals surface area contributed by atoms with Gasteiger partial charge in [-0.15, -0.1) is 0 Å². The summed E-state index contributed by atoms with van der Waals surface area (Å²) in [4.78, 5) is 2.38. The molecule has 0 spiro atoms. The maximum absolute atomic E-state index is 12.4. The van der Waals surface area contributed by atoms with Gasteiger partial charge in [0.1, 0.15) is 15.7 Å². The van der Waals surface area contributed by atoms with Gasteiger partial charge in [-0.1, -0.05) is 36.0 Å². The fraction of sp³-hybridized carbons (Fsp3) is 0.625. The summed E-state index contributed by atoms with van der Waals surface area (Å²) in [6, 6.07) is 2.91. The van der Waals surface area contributed by atoms with Crippen molar-refractivity contribution in [2.75, 3.05) is 33.3 Å². The van der Waals surface area contributed by atoms with Crippen molar-refractivity contribution in [3.63, 3.8) is 0 Å². The third kappa shape index (κ3) is 5.23. The predicted octanol–water partition coefficient (Wildman–Crippen LogP) is 3.55. The number of ether oxygens (including phenoxy) is 1. The van der Waals surface area contributed by atoms with Crippen LogP contribution in [0.4, 0.5) is 0 Å². The molecule has 1 aromatic rings. The fourth-order valence-corrected chi connectivity index (χ4v) is 4.74. The van der Waals surface area contributed by atoms with Crippen LogP contribution in [0.25, 0.3) is 0 Å². The van der Waals surface area contributed by atoms with E-state index in [0.29, 0.717) is 12.3 Å². The van der Waals surface area contributed by atoms with E-state index in [1.165, 1.54) is 44.9 Å². The predicted molar refractivity (Wildman–Crippen MR) is 97.7 cm³/mol. The number of nitrogens with zero attached hydrogens (tertiary/aromatic N) is 1. The number of hydrogen-bond donors (Lipinski definition) is 1. The zero-order valence-corrected chi connectivity index (χ0v) is 16.2. The second-order valence-electron chi connectivity index (χ2n) is 5.90. The van der Waals surface area contributed by atoms with Gasteiger partial charge in [0, 0.05) is 6.54 Å². The highest BCUT2D eigenvalue weighted by Gasteiger charge is 2.21. The lowest BCUT2D eigenvalue weighted by Gasteiger charge is -2.19. The first-order valence-electron chi connectivity index (χ1n) is 8.19. The Labute approximate surface area is 154 Å². The number of sulfonamides is 1. The van der Waals surface area contributed by atoms with Gasteiger partial charge >= 0.3 is 0 Å². The molecule has 1 N–H and O–H groups in total. The third-order valence-corrected chi connectivity index (χ3v) is 6.64. The van der Waals surface area contributed by atoms with Crippen LogP contribution in [0, 0.1) is 0 Å². The minimum Gasteiger partial charge on any atom is -0.495 e. The van der Waals surface area contributed by atoms with E-state index < -0.39 is 10.0 Å². The highest BCUT2D eigenvalue weighted by Crippen LogP contribution is 2.36. The quantitative estimate of drug-likeness (QED) is 0.718. The molecule has 0 aliphatic carbocycles. The lowest BCUT2D eigenvalue weighted by molar-refractivity contribution is 0.282. The number of methoxy groups -OCH3 is 1. The van der Waals surface area contributed by atoms with Crippen LogP contribution in [0.1, 0.15) is 32.1 Å². The Kier molecular flexibility index (Phi) is 7.62. The second kappa shape index (κ2) is 9.25. The Morgan fingerprint density at radius 3 is 2.42 bits per heavy atom. The van der Waals surface area contributed by atoms with Crippen LogP contribution < -0.4 is 9.46 Å². The van der Waals surface area contributed by atoms with Crippen LogP contribution in [-0.4, -0.2) is 46.6 Å². The molecule has 136 valence electrons. The SMILES string of the molecule is COc1ccc(S(=O)(=O)NCCCN2CCCCCC2)c(Cl)c1Cl. The van der Waals surface area contributed by atoms with E-state index in [1.807, 2.05) is 0 Å². The third-order valence-electron chi connectivity index (χ3n) is 4.16. The van der Waals surface area contributed by atoms with Gasteiger partial charge in [0.2, 0.25) is 10.0 Å². The summed E-state index contributed by atoms with van der Waals surface area (Å²) < 4.78 is 32.4. The summed E-state index contributed by atoms with van der Waals surface area (Å²) in [5.74, 6) is 0.349. The Morgan fingerprint density at radius 2 is 1.79 bits per heavy atom. The number of benzene rings is 1. The van der Waals surface area contributed by atoms with Gasteiger partial charge in [0.15, 0.2) is 0 Å². The second-order valence-corrected chi connectivity index (χ2v) is 8.39. The first kappa shape index (κ1) is 19.8. The average Bonchev–Trinajstić information content (AvgIpc) is 2.82. The molecule has 0 amide bonds. The molecule has 1 saturated heterocycles. The number of nitrogens with one attached hydrogen (secondary N) is 1. The molecule has 0 unspecified atom stereocenters.